The molecule has 4 rings (SSSR count). The highest BCUT2D eigenvalue weighted by atomic mass is 35.5. The van der Waals surface area contributed by atoms with Crippen molar-refractivity contribution in [1.29, 1.82) is 0 Å². The number of halogens is 1. The van der Waals surface area contributed by atoms with Gasteiger partial charge in [0.1, 0.15) is 5.52 Å². The summed E-state index contributed by atoms with van der Waals surface area (Å²) in [4.78, 5) is 36.2. The van der Waals surface area contributed by atoms with Crippen LogP contribution in [0, 0.1) is 0 Å². The molecule has 31 heavy (non-hydrogen) atoms. The lowest BCUT2D eigenvalue weighted by Crippen LogP contribution is -2.47. The molecule has 0 atom stereocenters. The molecule has 1 aromatic carbocycles. The molecule has 0 aliphatic carbocycles. The Hall–Kier alpha value is -3.39. The lowest BCUT2D eigenvalue weighted by atomic mass is 10.1. The van der Waals surface area contributed by atoms with E-state index in [0.717, 1.165) is 0 Å². The number of carbonyl (C=O) groups excluding carboxylic acids is 1. The molecule has 1 fully saturated rings. The Labute approximate surface area is 184 Å². The average molecular weight is 439 g/mol. The van der Waals surface area contributed by atoms with Gasteiger partial charge in [-0.05, 0) is 37.1 Å². The SMILES string of the molecule is C=CCn1c(=O)c(N2CCC(NC(=O)Nc3ccccc3Cl)CC2)nc2cccnc21. The quantitative estimate of drug-likeness (QED) is 0.595. The smallest absolute Gasteiger partial charge is 0.319 e. The van der Waals surface area contributed by atoms with Gasteiger partial charge in [-0.15, -0.1) is 6.58 Å². The molecule has 0 spiro atoms. The van der Waals surface area contributed by atoms with Gasteiger partial charge in [-0.2, -0.15) is 0 Å². The Bertz CT molecular complexity index is 1170. The number of hydrogen-bond acceptors (Lipinski definition) is 5. The van der Waals surface area contributed by atoms with E-state index in [-0.39, 0.29) is 17.6 Å². The highest BCUT2D eigenvalue weighted by Crippen LogP contribution is 2.21. The topological polar surface area (TPSA) is 92.2 Å². The third kappa shape index (κ3) is 4.54. The van der Waals surface area contributed by atoms with E-state index in [1.54, 1.807) is 41.1 Å². The van der Waals surface area contributed by atoms with Crippen molar-refractivity contribution in [3.63, 3.8) is 0 Å². The van der Waals surface area contributed by atoms with Crippen molar-refractivity contribution in [3.05, 3.63) is 70.6 Å². The average Bonchev–Trinajstić information content (AvgIpc) is 2.78. The third-order valence-electron chi connectivity index (χ3n) is 5.25. The predicted octanol–water partition coefficient (Wildman–Crippen LogP) is 3.42. The number of para-hydroxylation sites is 1. The molecule has 1 saturated heterocycles. The Morgan fingerprint density at radius 1 is 1.23 bits per heavy atom. The van der Waals surface area contributed by atoms with Crippen molar-refractivity contribution in [3.8, 4) is 0 Å². The summed E-state index contributed by atoms with van der Waals surface area (Å²) >= 11 is 6.09. The Morgan fingerprint density at radius 3 is 2.74 bits per heavy atom. The molecule has 0 unspecified atom stereocenters. The third-order valence-corrected chi connectivity index (χ3v) is 5.58. The fraction of sp³-hybridized carbons (Fsp3) is 0.273. The molecule has 8 nitrogen and oxygen atoms in total. The summed E-state index contributed by atoms with van der Waals surface area (Å²) in [7, 11) is 0. The normalized spacial score (nSPS) is 14.4. The maximum atomic E-state index is 13.0. The van der Waals surface area contributed by atoms with E-state index < -0.39 is 0 Å². The van der Waals surface area contributed by atoms with E-state index in [2.05, 4.69) is 27.2 Å². The minimum Gasteiger partial charge on any atom is -0.352 e. The van der Waals surface area contributed by atoms with Crippen molar-refractivity contribution in [2.45, 2.75) is 25.4 Å². The number of rotatable bonds is 5. The molecule has 1 aliphatic heterocycles. The minimum absolute atomic E-state index is 0.00346. The van der Waals surface area contributed by atoms with Crippen LogP contribution >= 0.6 is 11.6 Å². The van der Waals surface area contributed by atoms with E-state index in [1.807, 2.05) is 17.0 Å². The van der Waals surface area contributed by atoms with E-state index in [9.17, 15) is 9.59 Å². The van der Waals surface area contributed by atoms with E-state index in [0.29, 0.717) is 60.2 Å². The van der Waals surface area contributed by atoms with Gasteiger partial charge in [0.2, 0.25) is 0 Å². The molecule has 0 saturated carbocycles. The zero-order valence-corrected chi connectivity index (χ0v) is 17.7. The van der Waals surface area contributed by atoms with Crippen LogP contribution < -0.4 is 21.1 Å². The molecule has 0 bridgehead atoms. The monoisotopic (exact) mass is 438 g/mol. The van der Waals surface area contributed by atoms with Crippen molar-refractivity contribution in [1.82, 2.24) is 19.9 Å². The summed E-state index contributed by atoms with van der Waals surface area (Å²) in [5.74, 6) is 0.404. The van der Waals surface area contributed by atoms with Crippen molar-refractivity contribution < 1.29 is 4.79 Å². The standard InChI is InChI=1S/C22H23ClN6O2/c1-2-12-29-19-18(8-5-11-24-19)26-20(21(29)30)28-13-9-15(10-14-28)25-22(31)27-17-7-4-3-6-16(17)23/h2-8,11,15H,1,9-10,12-14H2,(H2,25,27,31). The molecule has 0 radical (unpaired) electrons. The molecular weight excluding hydrogens is 416 g/mol. The van der Waals surface area contributed by atoms with Gasteiger partial charge < -0.3 is 15.5 Å². The number of hydrogen-bond donors (Lipinski definition) is 2. The second kappa shape index (κ2) is 9.18. The van der Waals surface area contributed by atoms with E-state index in [4.69, 9.17) is 11.6 Å². The number of carbonyl (C=O) groups is 1. The van der Waals surface area contributed by atoms with Gasteiger partial charge in [0.05, 0.1) is 10.7 Å². The molecule has 3 aromatic rings. The first-order valence-electron chi connectivity index (χ1n) is 10.1. The maximum absolute atomic E-state index is 13.0. The summed E-state index contributed by atoms with van der Waals surface area (Å²) in [6.07, 6.45) is 4.72. The van der Waals surface area contributed by atoms with Gasteiger partial charge in [-0.3, -0.25) is 9.36 Å². The summed E-state index contributed by atoms with van der Waals surface area (Å²) < 4.78 is 1.59. The Balaban J connectivity index is 1.44. The number of pyridine rings is 1. The number of nitrogens with one attached hydrogen (secondary N) is 2. The summed E-state index contributed by atoms with van der Waals surface area (Å²) in [6.45, 7) is 5.33. The molecule has 160 valence electrons. The molecule has 2 amide bonds. The highest BCUT2D eigenvalue weighted by molar-refractivity contribution is 6.33. The zero-order valence-electron chi connectivity index (χ0n) is 16.9. The van der Waals surface area contributed by atoms with Crippen LogP contribution in [0.2, 0.25) is 5.02 Å². The van der Waals surface area contributed by atoms with Crippen molar-refractivity contribution in [2.24, 2.45) is 0 Å². The molecular formula is C22H23ClN6O2. The summed E-state index contributed by atoms with van der Waals surface area (Å²) in [6, 6.07) is 10.4. The second-order valence-electron chi connectivity index (χ2n) is 7.33. The van der Waals surface area contributed by atoms with Gasteiger partial charge in [0.25, 0.3) is 5.56 Å². The molecule has 2 aromatic heterocycles. The first-order chi connectivity index (χ1) is 15.1. The van der Waals surface area contributed by atoms with Crippen LogP contribution in [-0.4, -0.2) is 39.7 Å². The van der Waals surface area contributed by atoms with Crippen LogP contribution in [0.3, 0.4) is 0 Å². The lowest BCUT2D eigenvalue weighted by Gasteiger charge is -2.33. The number of aromatic nitrogens is 3. The van der Waals surface area contributed by atoms with E-state index >= 15 is 0 Å². The molecule has 9 heteroatoms. The summed E-state index contributed by atoms with van der Waals surface area (Å²) in [5.41, 5.74) is 1.59. The van der Waals surface area contributed by atoms with Gasteiger partial charge in [-0.25, -0.2) is 14.8 Å². The largest absolute Gasteiger partial charge is 0.352 e. The number of benzene rings is 1. The Morgan fingerprint density at radius 2 is 2.00 bits per heavy atom. The molecule has 2 N–H and O–H groups in total. The lowest BCUT2D eigenvalue weighted by molar-refractivity contribution is 0.246. The van der Waals surface area contributed by atoms with Crippen molar-refractivity contribution in [2.75, 3.05) is 23.3 Å². The summed E-state index contributed by atoms with van der Waals surface area (Å²) in [5, 5.41) is 6.24. The fourth-order valence-corrected chi connectivity index (χ4v) is 3.89. The number of urea groups is 1. The number of nitrogens with zero attached hydrogens (tertiary/aromatic N) is 4. The van der Waals surface area contributed by atoms with Crippen LogP contribution in [0.25, 0.3) is 11.2 Å². The van der Waals surface area contributed by atoms with Gasteiger partial charge in [-0.1, -0.05) is 29.8 Å². The van der Waals surface area contributed by atoms with Crippen LogP contribution in [0.5, 0.6) is 0 Å². The molecule has 3 heterocycles. The molecule has 1 aliphatic rings. The van der Waals surface area contributed by atoms with Gasteiger partial charge in [0.15, 0.2) is 11.5 Å². The first kappa shape index (κ1) is 20.9. The fourth-order valence-electron chi connectivity index (χ4n) is 3.71. The number of piperidine rings is 1. The highest BCUT2D eigenvalue weighted by Gasteiger charge is 2.24. The number of allylic oxidation sites excluding steroid dienone is 1. The second-order valence-corrected chi connectivity index (χ2v) is 7.73. The van der Waals surface area contributed by atoms with E-state index in [1.165, 1.54) is 0 Å². The van der Waals surface area contributed by atoms with Gasteiger partial charge >= 0.3 is 6.03 Å². The number of anilines is 2. The minimum atomic E-state index is -0.296. The maximum Gasteiger partial charge on any atom is 0.319 e. The van der Waals surface area contributed by atoms with Crippen molar-refractivity contribution >= 4 is 40.3 Å². The van der Waals surface area contributed by atoms with Gasteiger partial charge in [0, 0.05) is 31.9 Å². The number of amides is 2. The Kier molecular flexibility index (Phi) is 6.18. The predicted molar refractivity (Wildman–Crippen MR) is 123 cm³/mol. The number of fused-ring (bicyclic) bond motifs is 1. The first-order valence-corrected chi connectivity index (χ1v) is 10.5. The van der Waals surface area contributed by atoms with Crippen LogP contribution in [-0.2, 0) is 6.54 Å². The zero-order chi connectivity index (χ0) is 21.8. The van der Waals surface area contributed by atoms with Crippen LogP contribution in [0.4, 0.5) is 16.3 Å². The van der Waals surface area contributed by atoms with Crippen LogP contribution in [0.1, 0.15) is 12.8 Å². The van der Waals surface area contributed by atoms with Crippen LogP contribution in [0.15, 0.2) is 60.0 Å².